The van der Waals surface area contributed by atoms with E-state index < -0.39 is 5.97 Å². The van der Waals surface area contributed by atoms with Crippen molar-refractivity contribution in [2.75, 3.05) is 0 Å². The van der Waals surface area contributed by atoms with Crippen LogP contribution in [0.5, 0.6) is 5.75 Å². The number of hydrogen-bond donors (Lipinski definition) is 2. The molecule has 0 fully saturated rings. The SMILES string of the molecule is CC(C)=CCc1cc(C=CC(=O)O)ccc1O. The maximum absolute atomic E-state index is 10.4. The Labute approximate surface area is 101 Å². The summed E-state index contributed by atoms with van der Waals surface area (Å²) in [6.07, 6.45) is 5.24. The summed E-state index contributed by atoms with van der Waals surface area (Å²) in [4.78, 5) is 10.4. The summed E-state index contributed by atoms with van der Waals surface area (Å²) in [5.41, 5.74) is 2.73. The van der Waals surface area contributed by atoms with E-state index in [1.165, 1.54) is 11.6 Å². The monoisotopic (exact) mass is 232 g/mol. The van der Waals surface area contributed by atoms with E-state index in [1.54, 1.807) is 18.2 Å². The Hall–Kier alpha value is -2.03. The second kappa shape index (κ2) is 5.89. The van der Waals surface area contributed by atoms with Gasteiger partial charge in [0.05, 0.1) is 0 Å². The van der Waals surface area contributed by atoms with E-state index in [0.717, 1.165) is 17.2 Å². The number of phenolic OH excluding ortho intramolecular Hbond substituents is 1. The van der Waals surface area contributed by atoms with Crippen LogP contribution in [0.4, 0.5) is 0 Å². The standard InChI is InChI=1S/C14H16O3/c1-10(2)3-6-12-9-11(4-7-13(12)15)5-8-14(16)17/h3-5,7-9,15H,6H2,1-2H3,(H,16,17). The van der Waals surface area contributed by atoms with Gasteiger partial charge in [0.25, 0.3) is 0 Å². The van der Waals surface area contributed by atoms with Crippen molar-refractivity contribution in [2.45, 2.75) is 20.3 Å². The molecule has 0 spiro atoms. The number of carboxylic acids is 1. The van der Waals surface area contributed by atoms with Crippen LogP contribution >= 0.6 is 0 Å². The van der Waals surface area contributed by atoms with Gasteiger partial charge >= 0.3 is 5.97 Å². The van der Waals surface area contributed by atoms with Crippen LogP contribution in [0, 0.1) is 0 Å². The largest absolute Gasteiger partial charge is 0.508 e. The lowest BCUT2D eigenvalue weighted by molar-refractivity contribution is -0.131. The molecule has 3 nitrogen and oxygen atoms in total. The van der Waals surface area contributed by atoms with Gasteiger partial charge in [-0.1, -0.05) is 17.7 Å². The first-order valence-corrected chi connectivity index (χ1v) is 5.35. The third kappa shape index (κ3) is 4.55. The predicted octanol–water partition coefficient (Wildman–Crippen LogP) is 3.00. The lowest BCUT2D eigenvalue weighted by Gasteiger charge is -2.03. The lowest BCUT2D eigenvalue weighted by Crippen LogP contribution is -1.88. The van der Waals surface area contributed by atoms with Crippen LogP contribution < -0.4 is 0 Å². The van der Waals surface area contributed by atoms with Crippen molar-refractivity contribution in [3.05, 3.63) is 47.1 Å². The Morgan fingerprint density at radius 1 is 1.35 bits per heavy atom. The maximum Gasteiger partial charge on any atom is 0.328 e. The number of aromatic hydroxyl groups is 1. The van der Waals surface area contributed by atoms with Crippen LogP contribution in [0.2, 0.25) is 0 Å². The van der Waals surface area contributed by atoms with E-state index in [2.05, 4.69) is 0 Å². The molecule has 0 aliphatic carbocycles. The van der Waals surface area contributed by atoms with Crippen LogP contribution in [-0.4, -0.2) is 16.2 Å². The summed E-state index contributed by atoms with van der Waals surface area (Å²) < 4.78 is 0. The molecule has 1 aromatic carbocycles. The summed E-state index contributed by atoms with van der Waals surface area (Å²) in [6, 6.07) is 5.05. The molecular formula is C14H16O3. The molecule has 0 saturated carbocycles. The summed E-state index contributed by atoms with van der Waals surface area (Å²) in [7, 11) is 0. The molecule has 3 heteroatoms. The maximum atomic E-state index is 10.4. The number of benzene rings is 1. The molecule has 90 valence electrons. The highest BCUT2D eigenvalue weighted by Gasteiger charge is 2.00. The fourth-order valence-electron chi connectivity index (χ4n) is 1.35. The highest BCUT2D eigenvalue weighted by atomic mass is 16.4. The normalized spacial score (nSPS) is 10.5. The summed E-state index contributed by atoms with van der Waals surface area (Å²) >= 11 is 0. The highest BCUT2D eigenvalue weighted by Crippen LogP contribution is 2.20. The Morgan fingerprint density at radius 3 is 2.65 bits per heavy atom. The van der Waals surface area contributed by atoms with Gasteiger partial charge in [-0.2, -0.15) is 0 Å². The minimum atomic E-state index is -0.982. The molecule has 0 heterocycles. The summed E-state index contributed by atoms with van der Waals surface area (Å²) in [6.45, 7) is 3.98. The Bertz CT molecular complexity index is 466. The van der Waals surface area contributed by atoms with Crippen molar-refractivity contribution >= 4 is 12.0 Å². The molecule has 0 aromatic heterocycles. The number of carboxylic acid groups (broad SMARTS) is 1. The molecule has 0 aliphatic heterocycles. The second-order valence-electron chi connectivity index (χ2n) is 4.05. The van der Waals surface area contributed by atoms with Crippen LogP contribution in [0.1, 0.15) is 25.0 Å². The molecular weight excluding hydrogens is 216 g/mol. The van der Waals surface area contributed by atoms with Gasteiger partial charge in [0.2, 0.25) is 0 Å². The van der Waals surface area contributed by atoms with Gasteiger partial charge in [-0.3, -0.25) is 0 Å². The van der Waals surface area contributed by atoms with Crippen LogP contribution in [0.25, 0.3) is 6.08 Å². The molecule has 2 N–H and O–H groups in total. The van der Waals surface area contributed by atoms with Crippen molar-refractivity contribution in [1.29, 1.82) is 0 Å². The number of aliphatic carboxylic acids is 1. The van der Waals surface area contributed by atoms with Gasteiger partial charge in [0.15, 0.2) is 0 Å². The van der Waals surface area contributed by atoms with Gasteiger partial charge in [-0.05, 0) is 49.6 Å². The van der Waals surface area contributed by atoms with Crippen LogP contribution in [-0.2, 0) is 11.2 Å². The highest BCUT2D eigenvalue weighted by molar-refractivity contribution is 5.85. The smallest absolute Gasteiger partial charge is 0.328 e. The molecule has 1 rings (SSSR count). The van der Waals surface area contributed by atoms with Gasteiger partial charge in [0, 0.05) is 6.08 Å². The number of allylic oxidation sites excluding steroid dienone is 2. The average Bonchev–Trinajstić information content (AvgIpc) is 2.26. The van der Waals surface area contributed by atoms with Crippen molar-refractivity contribution in [3.8, 4) is 5.75 Å². The van der Waals surface area contributed by atoms with Crippen molar-refractivity contribution in [3.63, 3.8) is 0 Å². The first-order valence-electron chi connectivity index (χ1n) is 5.35. The van der Waals surface area contributed by atoms with E-state index in [0.29, 0.717) is 6.42 Å². The molecule has 0 amide bonds. The second-order valence-corrected chi connectivity index (χ2v) is 4.05. The van der Waals surface area contributed by atoms with E-state index in [4.69, 9.17) is 5.11 Å². The molecule has 0 aliphatic rings. The topological polar surface area (TPSA) is 57.5 Å². The Morgan fingerprint density at radius 2 is 2.06 bits per heavy atom. The van der Waals surface area contributed by atoms with Crippen LogP contribution in [0.3, 0.4) is 0 Å². The van der Waals surface area contributed by atoms with Crippen molar-refractivity contribution in [2.24, 2.45) is 0 Å². The van der Waals surface area contributed by atoms with Crippen molar-refractivity contribution < 1.29 is 15.0 Å². The first-order chi connectivity index (χ1) is 7.99. The zero-order chi connectivity index (χ0) is 12.8. The Kier molecular flexibility index (Phi) is 4.52. The lowest BCUT2D eigenvalue weighted by atomic mass is 10.1. The van der Waals surface area contributed by atoms with Gasteiger partial charge in [0.1, 0.15) is 5.75 Å². The van der Waals surface area contributed by atoms with Gasteiger partial charge in [-0.25, -0.2) is 4.79 Å². The minimum Gasteiger partial charge on any atom is -0.508 e. The number of rotatable bonds is 4. The molecule has 0 bridgehead atoms. The third-order valence-electron chi connectivity index (χ3n) is 2.25. The van der Waals surface area contributed by atoms with Crippen LogP contribution in [0.15, 0.2) is 35.9 Å². The average molecular weight is 232 g/mol. The number of carbonyl (C=O) groups is 1. The molecule has 1 aromatic rings. The molecule has 0 saturated heterocycles. The predicted molar refractivity (Wildman–Crippen MR) is 67.9 cm³/mol. The van der Waals surface area contributed by atoms with E-state index >= 15 is 0 Å². The van der Waals surface area contributed by atoms with Gasteiger partial charge in [-0.15, -0.1) is 0 Å². The summed E-state index contributed by atoms with van der Waals surface area (Å²) in [5, 5.41) is 18.2. The zero-order valence-electron chi connectivity index (χ0n) is 9.97. The van der Waals surface area contributed by atoms with Gasteiger partial charge < -0.3 is 10.2 Å². The Balaban J connectivity index is 2.94. The molecule has 17 heavy (non-hydrogen) atoms. The number of phenols is 1. The first kappa shape index (κ1) is 13.0. The van der Waals surface area contributed by atoms with E-state index in [1.807, 2.05) is 19.9 Å². The fraction of sp³-hybridized carbons (Fsp3) is 0.214. The minimum absolute atomic E-state index is 0.231. The fourth-order valence-corrected chi connectivity index (χ4v) is 1.35. The van der Waals surface area contributed by atoms with E-state index in [-0.39, 0.29) is 5.75 Å². The molecule has 0 radical (unpaired) electrons. The summed E-state index contributed by atoms with van der Waals surface area (Å²) in [5.74, 6) is -0.751. The molecule has 0 atom stereocenters. The van der Waals surface area contributed by atoms with E-state index in [9.17, 15) is 9.90 Å². The quantitative estimate of drug-likeness (QED) is 0.619. The van der Waals surface area contributed by atoms with Crippen molar-refractivity contribution in [1.82, 2.24) is 0 Å². The molecule has 0 unspecified atom stereocenters. The third-order valence-corrected chi connectivity index (χ3v) is 2.25. The number of hydrogen-bond acceptors (Lipinski definition) is 2. The zero-order valence-corrected chi connectivity index (χ0v) is 9.97.